The van der Waals surface area contributed by atoms with Crippen molar-refractivity contribution < 1.29 is 0 Å². The fraction of sp³-hybridized carbons (Fsp3) is 0.125. The molecule has 2 aromatic rings. The van der Waals surface area contributed by atoms with Gasteiger partial charge in [0, 0.05) is 21.4 Å². The second-order valence-corrected chi connectivity index (χ2v) is 4.14. The number of rotatable bonds is 0. The Labute approximate surface area is 88.5 Å². The first-order valence-electron chi connectivity index (χ1n) is 3.48. The van der Waals surface area contributed by atoms with Gasteiger partial charge in [0.25, 0.3) is 0 Å². The third kappa shape index (κ3) is 1.11. The SMILES string of the molecule is Cc1cnc(Cl)c2[nH]cc(I)c12. The molecule has 0 atom stereocenters. The summed E-state index contributed by atoms with van der Waals surface area (Å²) in [4.78, 5) is 7.15. The number of aryl methyl sites for hydroxylation is 1. The Balaban J connectivity index is 2.98. The molecule has 0 aliphatic heterocycles. The Bertz CT molecular complexity index is 436. The number of hydrogen-bond donors (Lipinski definition) is 1. The van der Waals surface area contributed by atoms with E-state index in [1.165, 1.54) is 8.96 Å². The van der Waals surface area contributed by atoms with Crippen LogP contribution in [0.5, 0.6) is 0 Å². The van der Waals surface area contributed by atoms with Gasteiger partial charge in [-0.1, -0.05) is 11.6 Å². The van der Waals surface area contributed by atoms with Crippen LogP contribution in [0.15, 0.2) is 12.4 Å². The van der Waals surface area contributed by atoms with E-state index >= 15 is 0 Å². The third-order valence-corrected chi connectivity index (χ3v) is 2.94. The van der Waals surface area contributed by atoms with Gasteiger partial charge < -0.3 is 4.98 Å². The van der Waals surface area contributed by atoms with Crippen molar-refractivity contribution >= 4 is 45.1 Å². The molecular formula is C8H6ClIN2. The van der Waals surface area contributed by atoms with Crippen molar-refractivity contribution in [2.75, 3.05) is 0 Å². The number of nitrogens with zero attached hydrogens (tertiary/aromatic N) is 1. The molecule has 1 N–H and O–H groups in total. The van der Waals surface area contributed by atoms with Crippen molar-refractivity contribution in [3.8, 4) is 0 Å². The average Bonchev–Trinajstić information content (AvgIpc) is 2.42. The van der Waals surface area contributed by atoms with Crippen LogP contribution in [0.25, 0.3) is 10.9 Å². The van der Waals surface area contributed by atoms with Crippen molar-refractivity contribution in [3.63, 3.8) is 0 Å². The molecule has 2 aromatic heterocycles. The monoisotopic (exact) mass is 292 g/mol. The van der Waals surface area contributed by atoms with Crippen LogP contribution < -0.4 is 0 Å². The van der Waals surface area contributed by atoms with Crippen LogP contribution in [-0.2, 0) is 0 Å². The molecule has 2 nitrogen and oxygen atoms in total. The van der Waals surface area contributed by atoms with E-state index in [2.05, 4.69) is 32.6 Å². The lowest BCUT2D eigenvalue weighted by molar-refractivity contribution is 1.29. The smallest absolute Gasteiger partial charge is 0.153 e. The van der Waals surface area contributed by atoms with E-state index in [0.29, 0.717) is 5.15 Å². The maximum absolute atomic E-state index is 5.90. The standard InChI is InChI=1S/C8H6ClIN2/c1-4-2-12-8(9)7-6(4)5(10)3-11-7/h2-3,11H,1H3. The Kier molecular flexibility index (Phi) is 2.00. The lowest BCUT2D eigenvalue weighted by atomic mass is 10.2. The van der Waals surface area contributed by atoms with Crippen LogP contribution >= 0.6 is 34.2 Å². The maximum atomic E-state index is 5.90. The van der Waals surface area contributed by atoms with Crippen LogP contribution in [0.1, 0.15) is 5.56 Å². The van der Waals surface area contributed by atoms with Gasteiger partial charge in [0.15, 0.2) is 5.15 Å². The normalized spacial score (nSPS) is 10.9. The first kappa shape index (κ1) is 8.31. The molecule has 0 unspecified atom stereocenters. The molecule has 0 spiro atoms. The zero-order chi connectivity index (χ0) is 8.72. The summed E-state index contributed by atoms with van der Waals surface area (Å²) in [6.07, 6.45) is 3.73. The molecule has 0 fully saturated rings. The summed E-state index contributed by atoms with van der Waals surface area (Å²) in [7, 11) is 0. The topological polar surface area (TPSA) is 28.7 Å². The van der Waals surface area contributed by atoms with Gasteiger partial charge >= 0.3 is 0 Å². The zero-order valence-electron chi connectivity index (χ0n) is 6.36. The molecule has 0 saturated carbocycles. The largest absolute Gasteiger partial charge is 0.358 e. The van der Waals surface area contributed by atoms with Crippen molar-refractivity contribution in [1.29, 1.82) is 0 Å². The van der Waals surface area contributed by atoms with Gasteiger partial charge in [0.05, 0.1) is 5.52 Å². The van der Waals surface area contributed by atoms with E-state index in [1.807, 2.05) is 13.1 Å². The summed E-state index contributed by atoms with van der Waals surface area (Å²) in [6, 6.07) is 0. The number of H-pyrrole nitrogens is 1. The lowest BCUT2D eigenvalue weighted by Gasteiger charge is -1.97. The molecule has 0 aromatic carbocycles. The highest BCUT2D eigenvalue weighted by molar-refractivity contribution is 14.1. The maximum Gasteiger partial charge on any atom is 0.153 e. The van der Waals surface area contributed by atoms with Gasteiger partial charge in [0.1, 0.15) is 0 Å². The van der Waals surface area contributed by atoms with Gasteiger partial charge in [-0.25, -0.2) is 4.98 Å². The zero-order valence-corrected chi connectivity index (χ0v) is 9.27. The predicted octanol–water partition coefficient (Wildman–Crippen LogP) is 3.13. The van der Waals surface area contributed by atoms with Crippen molar-refractivity contribution in [1.82, 2.24) is 9.97 Å². The highest BCUT2D eigenvalue weighted by atomic mass is 127. The van der Waals surface area contributed by atoms with Gasteiger partial charge in [-0.15, -0.1) is 0 Å². The molecule has 62 valence electrons. The highest BCUT2D eigenvalue weighted by Crippen LogP contribution is 2.27. The number of pyridine rings is 1. The minimum Gasteiger partial charge on any atom is -0.358 e. The lowest BCUT2D eigenvalue weighted by Crippen LogP contribution is -1.81. The molecule has 2 heterocycles. The van der Waals surface area contributed by atoms with Crippen molar-refractivity contribution in [3.05, 3.63) is 26.7 Å². The molecule has 0 aliphatic carbocycles. The summed E-state index contributed by atoms with van der Waals surface area (Å²) in [5.74, 6) is 0. The highest BCUT2D eigenvalue weighted by Gasteiger charge is 2.07. The molecule has 0 radical (unpaired) electrons. The Morgan fingerprint density at radius 1 is 1.58 bits per heavy atom. The van der Waals surface area contributed by atoms with Crippen LogP contribution in [-0.4, -0.2) is 9.97 Å². The Morgan fingerprint density at radius 2 is 2.33 bits per heavy atom. The number of nitrogens with one attached hydrogen (secondary N) is 1. The van der Waals surface area contributed by atoms with E-state index < -0.39 is 0 Å². The number of hydrogen-bond acceptors (Lipinski definition) is 1. The van der Waals surface area contributed by atoms with Gasteiger partial charge in [-0.3, -0.25) is 0 Å². The first-order valence-corrected chi connectivity index (χ1v) is 4.93. The fourth-order valence-electron chi connectivity index (χ4n) is 1.23. The molecule has 0 saturated heterocycles. The van der Waals surface area contributed by atoms with Crippen molar-refractivity contribution in [2.45, 2.75) is 6.92 Å². The quantitative estimate of drug-likeness (QED) is 0.586. The Morgan fingerprint density at radius 3 is 3.00 bits per heavy atom. The predicted molar refractivity (Wildman–Crippen MR) is 58.6 cm³/mol. The summed E-state index contributed by atoms with van der Waals surface area (Å²) in [5.41, 5.74) is 2.08. The molecular weight excluding hydrogens is 286 g/mol. The molecule has 12 heavy (non-hydrogen) atoms. The van der Waals surface area contributed by atoms with E-state index in [9.17, 15) is 0 Å². The number of halogens is 2. The Hall–Kier alpha value is -0.290. The second-order valence-electron chi connectivity index (χ2n) is 2.62. The second kappa shape index (κ2) is 2.88. The number of aromatic amines is 1. The summed E-state index contributed by atoms with van der Waals surface area (Å²) >= 11 is 8.17. The summed E-state index contributed by atoms with van der Waals surface area (Å²) in [6.45, 7) is 2.03. The first-order chi connectivity index (χ1) is 5.70. The molecule has 4 heteroatoms. The number of fused-ring (bicyclic) bond motifs is 1. The van der Waals surface area contributed by atoms with Gasteiger partial charge in [0.2, 0.25) is 0 Å². The van der Waals surface area contributed by atoms with Gasteiger partial charge in [-0.2, -0.15) is 0 Å². The van der Waals surface area contributed by atoms with E-state index in [1.54, 1.807) is 6.20 Å². The minimum atomic E-state index is 0.540. The molecule has 0 aliphatic rings. The summed E-state index contributed by atoms with van der Waals surface area (Å²) in [5, 5.41) is 1.72. The molecule has 0 bridgehead atoms. The van der Waals surface area contributed by atoms with E-state index in [4.69, 9.17) is 11.6 Å². The van der Waals surface area contributed by atoms with E-state index in [-0.39, 0.29) is 0 Å². The summed E-state index contributed by atoms with van der Waals surface area (Å²) < 4.78 is 1.18. The third-order valence-electron chi connectivity index (χ3n) is 1.80. The van der Waals surface area contributed by atoms with E-state index in [0.717, 1.165) is 11.1 Å². The van der Waals surface area contributed by atoms with Crippen LogP contribution in [0.3, 0.4) is 0 Å². The van der Waals surface area contributed by atoms with Gasteiger partial charge in [-0.05, 0) is 35.1 Å². The van der Waals surface area contributed by atoms with Crippen molar-refractivity contribution in [2.24, 2.45) is 0 Å². The molecule has 0 amide bonds. The number of aromatic nitrogens is 2. The fourth-order valence-corrected chi connectivity index (χ4v) is 2.28. The minimum absolute atomic E-state index is 0.540. The molecule has 2 rings (SSSR count). The van der Waals surface area contributed by atoms with Crippen LogP contribution in [0, 0.1) is 10.5 Å². The van der Waals surface area contributed by atoms with Crippen LogP contribution in [0.2, 0.25) is 5.15 Å². The average molecular weight is 293 g/mol. The van der Waals surface area contributed by atoms with Crippen LogP contribution in [0.4, 0.5) is 0 Å².